The summed E-state index contributed by atoms with van der Waals surface area (Å²) >= 11 is 0. The minimum absolute atomic E-state index is 0.103. The fourth-order valence-corrected chi connectivity index (χ4v) is 2.57. The van der Waals surface area contributed by atoms with Gasteiger partial charge in [0, 0.05) is 12.3 Å². The molecular weight excluding hydrogens is 332 g/mol. The number of carbonyl (C=O) groups excluding carboxylic acids is 2. The minimum atomic E-state index is -0.572. The van der Waals surface area contributed by atoms with Gasteiger partial charge in [0.2, 0.25) is 11.5 Å². The van der Waals surface area contributed by atoms with E-state index < -0.39 is 11.8 Å². The molecule has 0 aliphatic carbocycles. The molecule has 0 atom stereocenters. The van der Waals surface area contributed by atoms with E-state index in [9.17, 15) is 9.59 Å². The Morgan fingerprint density at radius 2 is 1.88 bits per heavy atom. The van der Waals surface area contributed by atoms with E-state index in [1.54, 1.807) is 24.3 Å². The van der Waals surface area contributed by atoms with E-state index in [0.717, 1.165) is 5.56 Å². The van der Waals surface area contributed by atoms with Gasteiger partial charge in [-0.2, -0.15) is 0 Å². The van der Waals surface area contributed by atoms with Crippen LogP contribution < -0.4 is 15.6 Å². The number of hydrogen-bond donors (Lipinski definition) is 1. The lowest BCUT2D eigenvalue weighted by Crippen LogP contribution is -2.32. The van der Waals surface area contributed by atoms with Crippen LogP contribution in [0, 0.1) is 6.92 Å². The first-order valence-corrected chi connectivity index (χ1v) is 8.02. The molecular formula is C20H18N2O4. The van der Waals surface area contributed by atoms with Crippen LogP contribution in [0.5, 0.6) is 5.75 Å². The Bertz CT molecular complexity index is 1070. The molecule has 1 N–H and O–H groups in total. The number of aryl methyl sites for hydroxylation is 1. The van der Waals surface area contributed by atoms with Crippen LogP contribution in [0.4, 0.5) is 5.69 Å². The Balaban J connectivity index is 2.29. The predicted octanol–water partition coefficient (Wildman–Crippen LogP) is 3.26. The first-order chi connectivity index (χ1) is 12.5. The maximum absolute atomic E-state index is 12.4. The summed E-state index contributed by atoms with van der Waals surface area (Å²) in [5.41, 5.74) is 2.41. The van der Waals surface area contributed by atoms with Crippen LogP contribution in [0.15, 0.2) is 57.9 Å². The summed E-state index contributed by atoms with van der Waals surface area (Å²) in [4.78, 5) is 28.2. The third kappa shape index (κ3) is 3.64. The molecule has 1 aromatic heterocycles. The van der Waals surface area contributed by atoms with Crippen molar-refractivity contribution in [1.29, 1.82) is 0 Å². The van der Waals surface area contributed by atoms with Gasteiger partial charge in [0.15, 0.2) is 11.3 Å². The van der Waals surface area contributed by atoms with Crippen LogP contribution in [0.3, 0.4) is 0 Å². The van der Waals surface area contributed by atoms with Crippen LogP contribution >= 0.6 is 0 Å². The van der Waals surface area contributed by atoms with E-state index >= 15 is 0 Å². The zero-order chi connectivity index (χ0) is 18.7. The SMILES string of the molecule is COc1cccc2cc(C(=O)NC(C)=O)c(=Nc3cccc(C)c3)oc12. The van der Waals surface area contributed by atoms with Crippen molar-refractivity contribution in [2.24, 2.45) is 4.99 Å². The highest BCUT2D eigenvalue weighted by Gasteiger charge is 2.15. The average Bonchev–Trinajstić information content (AvgIpc) is 2.60. The Morgan fingerprint density at radius 3 is 2.58 bits per heavy atom. The molecule has 0 saturated heterocycles. The molecule has 0 unspecified atom stereocenters. The summed E-state index contributed by atoms with van der Waals surface area (Å²) in [6.45, 7) is 3.22. The molecule has 3 aromatic rings. The Kier molecular flexibility index (Phi) is 4.84. The lowest BCUT2D eigenvalue weighted by Gasteiger charge is -2.07. The van der Waals surface area contributed by atoms with Crippen molar-refractivity contribution in [1.82, 2.24) is 5.32 Å². The summed E-state index contributed by atoms with van der Waals surface area (Å²) in [6.07, 6.45) is 0. The number of imide groups is 1. The summed E-state index contributed by atoms with van der Waals surface area (Å²) in [5.74, 6) is -0.499. The van der Waals surface area contributed by atoms with E-state index in [4.69, 9.17) is 9.15 Å². The van der Waals surface area contributed by atoms with Gasteiger partial charge in [0.05, 0.1) is 12.8 Å². The maximum Gasteiger partial charge on any atom is 0.263 e. The van der Waals surface area contributed by atoms with E-state index in [-0.39, 0.29) is 11.1 Å². The number of methoxy groups -OCH3 is 1. The highest BCUT2D eigenvalue weighted by molar-refractivity contribution is 6.05. The maximum atomic E-state index is 12.4. The molecule has 2 amide bonds. The fraction of sp³-hybridized carbons (Fsp3) is 0.150. The number of para-hydroxylation sites is 1. The zero-order valence-corrected chi connectivity index (χ0v) is 14.7. The van der Waals surface area contributed by atoms with Crippen molar-refractivity contribution in [3.8, 4) is 5.75 Å². The lowest BCUT2D eigenvalue weighted by molar-refractivity contribution is -0.118. The number of amides is 2. The van der Waals surface area contributed by atoms with E-state index in [2.05, 4.69) is 10.3 Å². The second-order valence-corrected chi connectivity index (χ2v) is 5.80. The first kappa shape index (κ1) is 17.4. The fourth-order valence-electron chi connectivity index (χ4n) is 2.57. The van der Waals surface area contributed by atoms with Gasteiger partial charge in [-0.05, 0) is 36.8 Å². The van der Waals surface area contributed by atoms with Crippen molar-refractivity contribution >= 4 is 28.5 Å². The molecule has 0 saturated carbocycles. The molecule has 6 heteroatoms. The second-order valence-electron chi connectivity index (χ2n) is 5.80. The molecule has 0 bridgehead atoms. The van der Waals surface area contributed by atoms with Crippen molar-refractivity contribution in [2.45, 2.75) is 13.8 Å². The monoisotopic (exact) mass is 350 g/mol. The highest BCUT2D eigenvalue weighted by atomic mass is 16.5. The molecule has 0 fully saturated rings. The first-order valence-electron chi connectivity index (χ1n) is 8.02. The molecule has 26 heavy (non-hydrogen) atoms. The standard InChI is InChI=1S/C20H18N2O4/c1-12-6-4-8-15(10-12)22-20-16(19(24)21-13(2)23)11-14-7-5-9-17(25-3)18(14)26-20/h4-11H,1-3H3,(H,21,23,24). The Hall–Kier alpha value is -3.41. The Morgan fingerprint density at radius 1 is 1.12 bits per heavy atom. The van der Waals surface area contributed by atoms with Crippen LogP contribution in [0.1, 0.15) is 22.8 Å². The van der Waals surface area contributed by atoms with Crippen LogP contribution in [-0.4, -0.2) is 18.9 Å². The number of ether oxygens (including phenoxy) is 1. The van der Waals surface area contributed by atoms with Crippen molar-refractivity contribution < 1.29 is 18.7 Å². The summed E-state index contributed by atoms with van der Waals surface area (Å²) in [6, 6.07) is 14.5. The molecule has 132 valence electrons. The van der Waals surface area contributed by atoms with E-state index in [0.29, 0.717) is 22.4 Å². The molecule has 0 aliphatic heterocycles. The Labute approximate surface area is 150 Å². The van der Waals surface area contributed by atoms with Gasteiger partial charge in [-0.1, -0.05) is 24.3 Å². The van der Waals surface area contributed by atoms with Crippen LogP contribution in [0.25, 0.3) is 11.0 Å². The normalized spacial score (nSPS) is 11.4. The molecule has 6 nitrogen and oxygen atoms in total. The molecule has 0 aliphatic rings. The average molecular weight is 350 g/mol. The van der Waals surface area contributed by atoms with E-state index in [1.165, 1.54) is 14.0 Å². The summed E-state index contributed by atoms with van der Waals surface area (Å²) in [5, 5.41) is 2.93. The minimum Gasteiger partial charge on any atom is -0.493 e. The molecule has 3 rings (SSSR count). The quantitative estimate of drug-likeness (QED) is 0.786. The second kappa shape index (κ2) is 7.23. The smallest absolute Gasteiger partial charge is 0.263 e. The van der Waals surface area contributed by atoms with Crippen LogP contribution in [-0.2, 0) is 4.79 Å². The van der Waals surface area contributed by atoms with Crippen molar-refractivity contribution in [2.75, 3.05) is 7.11 Å². The third-order valence-corrected chi connectivity index (χ3v) is 3.72. The highest BCUT2D eigenvalue weighted by Crippen LogP contribution is 2.25. The number of nitrogens with zero attached hydrogens (tertiary/aromatic N) is 1. The molecule has 0 spiro atoms. The van der Waals surface area contributed by atoms with Gasteiger partial charge in [-0.3, -0.25) is 14.9 Å². The van der Waals surface area contributed by atoms with Gasteiger partial charge in [-0.25, -0.2) is 4.99 Å². The van der Waals surface area contributed by atoms with Crippen LogP contribution in [0.2, 0.25) is 0 Å². The number of rotatable bonds is 3. The van der Waals surface area contributed by atoms with Crippen molar-refractivity contribution in [3.63, 3.8) is 0 Å². The lowest BCUT2D eigenvalue weighted by atomic mass is 10.1. The van der Waals surface area contributed by atoms with Gasteiger partial charge >= 0.3 is 0 Å². The van der Waals surface area contributed by atoms with Gasteiger partial charge < -0.3 is 9.15 Å². The summed E-state index contributed by atoms with van der Waals surface area (Å²) in [7, 11) is 1.54. The van der Waals surface area contributed by atoms with Gasteiger partial charge in [0.1, 0.15) is 5.56 Å². The van der Waals surface area contributed by atoms with E-state index in [1.807, 2.05) is 31.2 Å². The predicted molar refractivity (Wildman–Crippen MR) is 97.3 cm³/mol. The zero-order valence-electron chi connectivity index (χ0n) is 14.7. The number of hydrogen-bond acceptors (Lipinski definition) is 5. The molecule has 2 aromatic carbocycles. The van der Waals surface area contributed by atoms with Crippen molar-refractivity contribution in [3.05, 3.63) is 65.2 Å². The largest absolute Gasteiger partial charge is 0.493 e. The topological polar surface area (TPSA) is 80.9 Å². The number of nitrogens with one attached hydrogen (secondary N) is 1. The number of carbonyl (C=O) groups is 2. The molecule has 1 heterocycles. The summed E-state index contributed by atoms with van der Waals surface area (Å²) < 4.78 is 11.2. The number of fused-ring (bicyclic) bond motifs is 1. The van der Waals surface area contributed by atoms with Gasteiger partial charge in [-0.15, -0.1) is 0 Å². The number of benzene rings is 2. The third-order valence-electron chi connectivity index (χ3n) is 3.72. The van der Waals surface area contributed by atoms with Gasteiger partial charge in [0.25, 0.3) is 5.91 Å². The molecule has 0 radical (unpaired) electrons.